The summed E-state index contributed by atoms with van der Waals surface area (Å²) in [5, 5.41) is 0.519. The monoisotopic (exact) mass is 432 g/mol. The van der Waals surface area contributed by atoms with Gasteiger partial charge >= 0.3 is 5.97 Å². The van der Waals surface area contributed by atoms with Crippen molar-refractivity contribution in [2.45, 2.75) is 22.8 Å². The van der Waals surface area contributed by atoms with Gasteiger partial charge in [0.05, 0.1) is 5.56 Å². The van der Waals surface area contributed by atoms with Crippen LogP contribution in [0.4, 0.5) is 5.69 Å². The number of aromatic nitrogens is 1. The van der Waals surface area contributed by atoms with Crippen LogP contribution in [0.2, 0.25) is 0 Å². The van der Waals surface area contributed by atoms with E-state index in [1.807, 2.05) is 30.3 Å². The molecule has 2 aromatic carbocycles. The fourth-order valence-electron chi connectivity index (χ4n) is 3.27. The molecule has 6 nitrogen and oxygen atoms in total. The summed E-state index contributed by atoms with van der Waals surface area (Å²) in [7, 11) is 0. The van der Waals surface area contributed by atoms with Gasteiger partial charge in [0.2, 0.25) is 5.91 Å². The maximum Gasteiger partial charge on any atom is 0.341 e. The Morgan fingerprint density at radius 2 is 1.77 bits per heavy atom. The van der Waals surface area contributed by atoms with E-state index in [0.29, 0.717) is 29.1 Å². The molecule has 0 N–H and O–H groups in total. The molecule has 0 aliphatic carbocycles. The minimum absolute atomic E-state index is 0.0913. The number of carbonyl (C=O) groups is 3. The summed E-state index contributed by atoms with van der Waals surface area (Å²) in [6, 6.07) is 19.7. The summed E-state index contributed by atoms with van der Waals surface area (Å²) in [6.45, 7) is 0.323. The summed E-state index contributed by atoms with van der Waals surface area (Å²) in [5.41, 5.74) is 1.51. The molecule has 31 heavy (non-hydrogen) atoms. The normalized spacial score (nSPS) is 13.3. The van der Waals surface area contributed by atoms with Gasteiger partial charge < -0.3 is 9.64 Å². The van der Waals surface area contributed by atoms with Crippen LogP contribution in [0, 0.1) is 0 Å². The molecule has 0 radical (unpaired) electrons. The standard InChI is InChI=1S/C24H20N2O4S/c27-21(17-10-12-18(13-11-17)26-15-5-9-22(26)28)16-30-24(29)20-8-4-14-25-23(20)31-19-6-2-1-3-7-19/h1-4,6-8,10-14H,5,9,15-16H2. The Kier molecular flexibility index (Phi) is 6.43. The summed E-state index contributed by atoms with van der Waals surface area (Å²) >= 11 is 1.36. The minimum atomic E-state index is -0.598. The maximum atomic E-state index is 12.6. The van der Waals surface area contributed by atoms with Crippen LogP contribution in [0.5, 0.6) is 0 Å². The zero-order chi connectivity index (χ0) is 21.6. The number of ketones is 1. The highest BCUT2D eigenvalue weighted by atomic mass is 32.2. The van der Waals surface area contributed by atoms with Crippen molar-refractivity contribution < 1.29 is 19.1 Å². The molecule has 4 rings (SSSR count). The van der Waals surface area contributed by atoms with Crippen molar-refractivity contribution in [3.8, 4) is 0 Å². The van der Waals surface area contributed by atoms with E-state index in [4.69, 9.17) is 4.74 Å². The molecule has 156 valence electrons. The fraction of sp³-hybridized carbons (Fsp3) is 0.167. The molecule has 0 atom stereocenters. The summed E-state index contributed by atoms with van der Waals surface area (Å²) in [5.74, 6) is -0.818. The Morgan fingerprint density at radius 1 is 1.00 bits per heavy atom. The second-order valence-corrected chi connectivity index (χ2v) is 8.03. The molecule has 0 saturated carbocycles. The molecule has 1 aliphatic heterocycles. The van der Waals surface area contributed by atoms with Crippen LogP contribution in [0.3, 0.4) is 0 Å². The van der Waals surface area contributed by atoms with E-state index in [1.165, 1.54) is 11.8 Å². The number of nitrogens with zero attached hydrogens (tertiary/aromatic N) is 2. The predicted molar refractivity (Wildman–Crippen MR) is 117 cm³/mol. The first-order valence-corrected chi connectivity index (χ1v) is 10.7. The smallest absolute Gasteiger partial charge is 0.341 e. The van der Waals surface area contributed by atoms with Gasteiger partial charge in [-0.05, 0) is 55.0 Å². The van der Waals surface area contributed by atoms with Gasteiger partial charge in [0.1, 0.15) is 5.03 Å². The average molecular weight is 433 g/mol. The highest BCUT2D eigenvalue weighted by Gasteiger charge is 2.22. The third-order valence-corrected chi connectivity index (χ3v) is 5.88. The van der Waals surface area contributed by atoms with Crippen LogP contribution in [-0.2, 0) is 9.53 Å². The number of hydrogen-bond donors (Lipinski definition) is 0. The number of carbonyl (C=O) groups excluding carboxylic acids is 3. The van der Waals surface area contributed by atoms with E-state index in [9.17, 15) is 14.4 Å². The lowest BCUT2D eigenvalue weighted by molar-refractivity contribution is -0.117. The molecule has 0 unspecified atom stereocenters. The van der Waals surface area contributed by atoms with Crippen molar-refractivity contribution in [3.63, 3.8) is 0 Å². The second-order valence-electron chi connectivity index (χ2n) is 6.97. The molecule has 0 spiro atoms. The van der Waals surface area contributed by atoms with Gasteiger partial charge in [-0.1, -0.05) is 30.0 Å². The van der Waals surface area contributed by atoms with E-state index in [1.54, 1.807) is 47.5 Å². The van der Waals surface area contributed by atoms with E-state index in [2.05, 4.69) is 4.98 Å². The SMILES string of the molecule is O=C(COC(=O)c1cccnc1Sc1ccccc1)c1ccc(N2CCCC2=O)cc1. The van der Waals surface area contributed by atoms with E-state index >= 15 is 0 Å². The number of amides is 1. The molecule has 1 aliphatic rings. The largest absolute Gasteiger partial charge is 0.454 e. The van der Waals surface area contributed by atoms with Crippen LogP contribution in [0.25, 0.3) is 0 Å². The topological polar surface area (TPSA) is 76.6 Å². The zero-order valence-corrected chi connectivity index (χ0v) is 17.5. The van der Waals surface area contributed by atoms with Crippen LogP contribution in [-0.4, -0.2) is 35.8 Å². The first-order chi connectivity index (χ1) is 15.1. The molecule has 1 aromatic heterocycles. The number of rotatable bonds is 7. The summed E-state index contributed by atoms with van der Waals surface area (Å²) in [6.07, 6.45) is 3.00. The molecule has 1 saturated heterocycles. The van der Waals surface area contributed by atoms with Crippen molar-refractivity contribution in [2.24, 2.45) is 0 Å². The van der Waals surface area contributed by atoms with Crippen molar-refractivity contribution in [3.05, 3.63) is 84.1 Å². The molecule has 1 amide bonds. The Hall–Kier alpha value is -3.45. The number of pyridine rings is 1. The Labute approximate surface area is 184 Å². The molecular formula is C24H20N2O4S. The summed E-state index contributed by atoms with van der Waals surface area (Å²) < 4.78 is 5.26. The van der Waals surface area contributed by atoms with E-state index in [0.717, 1.165) is 17.0 Å². The molecule has 2 heterocycles. The minimum Gasteiger partial charge on any atom is -0.454 e. The summed E-state index contributed by atoms with van der Waals surface area (Å²) in [4.78, 5) is 43.8. The third kappa shape index (κ3) is 5.00. The van der Waals surface area contributed by atoms with Gasteiger partial charge in [-0.3, -0.25) is 9.59 Å². The first kappa shape index (κ1) is 20.8. The lowest BCUT2D eigenvalue weighted by Crippen LogP contribution is -2.23. The van der Waals surface area contributed by atoms with Crippen LogP contribution >= 0.6 is 11.8 Å². The molecule has 7 heteroatoms. The van der Waals surface area contributed by atoms with Gasteiger partial charge in [-0.25, -0.2) is 9.78 Å². The van der Waals surface area contributed by atoms with Gasteiger partial charge in [0.25, 0.3) is 0 Å². The van der Waals surface area contributed by atoms with Gasteiger partial charge in [-0.15, -0.1) is 0 Å². The first-order valence-electron chi connectivity index (χ1n) is 9.90. The fourth-order valence-corrected chi connectivity index (χ4v) is 4.16. The Morgan fingerprint density at radius 3 is 2.48 bits per heavy atom. The quantitative estimate of drug-likeness (QED) is 0.407. The molecule has 1 fully saturated rings. The third-order valence-electron chi connectivity index (χ3n) is 4.86. The number of esters is 1. The number of hydrogen-bond acceptors (Lipinski definition) is 6. The average Bonchev–Trinajstić information content (AvgIpc) is 3.24. The highest BCUT2D eigenvalue weighted by Crippen LogP contribution is 2.28. The van der Waals surface area contributed by atoms with Crippen molar-refractivity contribution in [1.29, 1.82) is 0 Å². The number of Topliss-reactive ketones (excluding diaryl/α,β-unsaturated/α-hetero) is 1. The lowest BCUT2D eigenvalue weighted by atomic mass is 10.1. The van der Waals surface area contributed by atoms with Crippen LogP contribution in [0.1, 0.15) is 33.6 Å². The van der Waals surface area contributed by atoms with Crippen molar-refractivity contribution in [2.75, 3.05) is 18.1 Å². The van der Waals surface area contributed by atoms with Crippen LogP contribution in [0.15, 0.2) is 82.8 Å². The Bertz CT molecular complexity index is 1100. The van der Waals surface area contributed by atoms with Gasteiger partial charge in [0.15, 0.2) is 12.4 Å². The van der Waals surface area contributed by atoms with Crippen molar-refractivity contribution in [1.82, 2.24) is 4.98 Å². The number of ether oxygens (including phenoxy) is 1. The lowest BCUT2D eigenvalue weighted by Gasteiger charge is -2.15. The van der Waals surface area contributed by atoms with Gasteiger partial charge in [0, 0.05) is 35.3 Å². The zero-order valence-electron chi connectivity index (χ0n) is 16.7. The highest BCUT2D eigenvalue weighted by molar-refractivity contribution is 7.99. The maximum absolute atomic E-state index is 12.6. The second kappa shape index (κ2) is 9.57. The van der Waals surface area contributed by atoms with E-state index in [-0.39, 0.29) is 18.3 Å². The molecule has 3 aromatic rings. The van der Waals surface area contributed by atoms with Crippen molar-refractivity contribution >= 4 is 35.1 Å². The molecular weight excluding hydrogens is 412 g/mol. The predicted octanol–water partition coefficient (Wildman–Crippen LogP) is 4.40. The molecule has 0 bridgehead atoms. The number of anilines is 1. The Balaban J connectivity index is 1.39. The number of benzene rings is 2. The van der Waals surface area contributed by atoms with Gasteiger partial charge in [-0.2, -0.15) is 0 Å². The van der Waals surface area contributed by atoms with Crippen LogP contribution < -0.4 is 4.90 Å². The van der Waals surface area contributed by atoms with E-state index < -0.39 is 5.97 Å².